The molecule has 0 saturated heterocycles. The van der Waals surface area contributed by atoms with Crippen LogP contribution in [0.4, 0.5) is 13.2 Å². The van der Waals surface area contributed by atoms with E-state index < -0.39 is 23.6 Å². The molecule has 1 saturated carbocycles. The molecule has 2 aromatic carbocycles. The Morgan fingerprint density at radius 3 is 2.33 bits per heavy atom. The van der Waals surface area contributed by atoms with Gasteiger partial charge < -0.3 is 20.9 Å². The van der Waals surface area contributed by atoms with E-state index >= 15 is 0 Å². The molecule has 1 aliphatic carbocycles. The van der Waals surface area contributed by atoms with Crippen molar-refractivity contribution in [3.8, 4) is 0 Å². The third kappa shape index (κ3) is 8.15. The number of rotatable bonds is 9. The lowest BCUT2D eigenvalue weighted by atomic mass is 9.75. The van der Waals surface area contributed by atoms with E-state index in [2.05, 4.69) is 10.6 Å². The first-order valence-electron chi connectivity index (χ1n) is 13.0. The van der Waals surface area contributed by atoms with Gasteiger partial charge in [0.1, 0.15) is 0 Å². The van der Waals surface area contributed by atoms with Crippen LogP contribution in [-0.2, 0) is 11.0 Å². The third-order valence-electron chi connectivity index (χ3n) is 7.05. The van der Waals surface area contributed by atoms with E-state index in [0.717, 1.165) is 55.0 Å². The molecule has 1 atom stereocenters. The molecule has 0 aliphatic heterocycles. The number of carbonyl (C=O) groups is 3. The van der Waals surface area contributed by atoms with Crippen LogP contribution in [0.25, 0.3) is 0 Å². The van der Waals surface area contributed by atoms with Gasteiger partial charge in [-0.05, 0) is 74.3 Å². The van der Waals surface area contributed by atoms with Crippen LogP contribution in [-0.4, -0.2) is 55.0 Å². The van der Waals surface area contributed by atoms with Gasteiger partial charge >= 0.3 is 6.18 Å². The molecule has 1 fully saturated rings. The fraction of sp³-hybridized carbons (Fsp3) is 0.448. The zero-order valence-electron chi connectivity index (χ0n) is 22.4. The monoisotopic (exact) mass is 544 g/mol. The van der Waals surface area contributed by atoms with Crippen molar-refractivity contribution < 1.29 is 27.6 Å². The number of nitrogens with one attached hydrogen (secondary N) is 3. The van der Waals surface area contributed by atoms with Gasteiger partial charge in [-0.3, -0.25) is 14.4 Å². The lowest BCUT2D eigenvalue weighted by molar-refractivity contribution is -0.137. The standard InChI is InChI=1S/C29H35F3N4O3/c1-18(35-26(37)17-34-27(38)21-7-6-8-22(16-21)29(30,31)32)15-25(33)20-13-11-19(12-14-20)23-9-4-5-10-24(23)28(39)36(2)3/h4-10,16,18-20,33H,11-15,17H2,1-3H3,(H,34,38)(H,35,37)/t18-,19?,20?/m1/s1. The zero-order valence-corrected chi connectivity index (χ0v) is 22.4. The average molecular weight is 545 g/mol. The molecular formula is C29H35F3N4O3. The van der Waals surface area contributed by atoms with Crippen LogP contribution < -0.4 is 10.6 Å². The number of hydrogen-bond acceptors (Lipinski definition) is 4. The van der Waals surface area contributed by atoms with E-state index in [1.165, 1.54) is 6.07 Å². The van der Waals surface area contributed by atoms with Crippen molar-refractivity contribution in [2.24, 2.45) is 5.92 Å². The van der Waals surface area contributed by atoms with Gasteiger partial charge in [-0.1, -0.05) is 24.3 Å². The van der Waals surface area contributed by atoms with Crippen molar-refractivity contribution in [1.82, 2.24) is 15.5 Å². The van der Waals surface area contributed by atoms with Crippen LogP contribution in [0, 0.1) is 11.3 Å². The van der Waals surface area contributed by atoms with Crippen molar-refractivity contribution in [3.63, 3.8) is 0 Å². The molecule has 210 valence electrons. The van der Waals surface area contributed by atoms with Gasteiger partial charge in [0.2, 0.25) is 5.91 Å². The molecule has 0 spiro atoms. The molecule has 3 amide bonds. The fourth-order valence-electron chi connectivity index (χ4n) is 5.01. The van der Waals surface area contributed by atoms with Crippen molar-refractivity contribution in [1.29, 1.82) is 5.41 Å². The Hall–Kier alpha value is -3.69. The second-order valence-electron chi connectivity index (χ2n) is 10.3. The van der Waals surface area contributed by atoms with E-state index in [0.29, 0.717) is 12.1 Å². The Labute approximate surface area is 226 Å². The van der Waals surface area contributed by atoms with Crippen molar-refractivity contribution in [2.45, 2.75) is 57.2 Å². The average Bonchev–Trinajstić information content (AvgIpc) is 2.90. The minimum absolute atomic E-state index is 0.0175. The van der Waals surface area contributed by atoms with Crippen LogP contribution in [0.15, 0.2) is 48.5 Å². The Balaban J connectivity index is 1.45. The largest absolute Gasteiger partial charge is 0.416 e. The fourth-order valence-corrected chi connectivity index (χ4v) is 5.01. The number of alkyl halides is 3. The van der Waals surface area contributed by atoms with Gasteiger partial charge in [0.05, 0.1) is 12.1 Å². The number of benzene rings is 2. The first-order chi connectivity index (χ1) is 18.4. The minimum Gasteiger partial charge on any atom is -0.352 e. The molecule has 1 aliphatic rings. The Kier molecular flexibility index (Phi) is 9.88. The predicted octanol–water partition coefficient (Wildman–Crippen LogP) is 5.03. The predicted molar refractivity (Wildman–Crippen MR) is 143 cm³/mol. The van der Waals surface area contributed by atoms with E-state index in [1.54, 1.807) is 25.9 Å². The van der Waals surface area contributed by atoms with Gasteiger partial charge in [-0.25, -0.2) is 0 Å². The van der Waals surface area contributed by atoms with Crippen LogP contribution in [0.2, 0.25) is 0 Å². The SMILES string of the molecule is C[C@H](CC(=N)C1CCC(c2ccccc2C(=O)N(C)C)CC1)NC(=O)CNC(=O)c1cccc(C(F)(F)F)c1. The summed E-state index contributed by atoms with van der Waals surface area (Å²) in [5, 5.41) is 13.7. The summed E-state index contributed by atoms with van der Waals surface area (Å²) in [4.78, 5) is 38.7. The van der Waals surface area contributed by atoms with Crippen LogP contribution in [0.3, 0.4) is 0 Å². The number of carbonyl (C=O) groups excluding carboxylic acids is 3. The molecular weight excluding hydrogens is 509 g/mol. The molecule has 39 heavy (non-hydrogen) atoms. The maximum atomic E-state index is 12.9. The molecule has 0 radical (unpaired) electrons. The molecule has 0 unspecified atom stereocenters. The van der Waals surface area contributed by atoms with Gasteiger partial charge in [0.25, 0.3) is 11.8 Å². The maximum Gasteiger partial charge on any atom is 0.416 e. The number of amides is 3. The number of halogens is 3. The Bertz CT molecular complexity index is 1200. The number of hydrogen-bond donors (Lipinski definition) is 3. The molecule has 0 bridgehead atoms. The van der Waals surface area contributed by atoms with Crippen molar-refractivity contribution in [3.05, 3.63) is 70.8 Å². The summed E-state index contributed by atoms with van der Waals surface area (Å²) >= 11 is 0. The molecule has 7 nitrogen and oxygen atoms in total. The summed E-state index contributed by atoms with van der Waals surface area (Å²) < 4.78 is 38.6. The molecule has 3 rings (SSSR count). The first kappa shape index (κ1) is 29.9. The number of nitrogens with zero attached hydrogens (tertiary/aromatic N) is 1. The second kappa shape index (κ2) is 12.9. The molecule has 3 N–H and O–H groups in total. The third-order valence-corrected chi connectivity index (χ3v) is 7.05. The highest BCUT2D eigenvalue weighted by Crippen LogP contribution is 2.38. The summed E-state index contributed by atoms with van der Waals surface area (Å²) in [7, 11) is 3.48. The summed E-state index contributed by atoms with van der Waals surface area (Å²) in [6, 6.07) is 11.3. The summed E-state index contributed by atoms with van der Waals surface area (Å²) in [5.41, 5.74) is 1.20. The van der Waals surface area contributed by atoms with E-state index in [9.17, 15) is 27.6 Å². The van der Waals surface area contributed by atoms with E-state index in [1.807, 2.05) is 24.3 Å². The zero-order chi connectivity index (χ0) is 28.7. The Morgan fingerprint density at radius 1 is 1.03 bits per heavy atom. The Morgan fingerprint density at radius 2 is 1.69 bits per heavy atom. The van der Waals surface area contributed by atoms with Gasteiger partial charge in [-0.2, -0.15) is 13.2 Å². The topological polar surface area (TPSA) is 102 Å². The smallest absolute Gasteiger partial charge is 0.352 e. The summed E-state index contributed by atoms with van der Waals surface area (Å²) in [5.74, 6) is -0.926. The molecule has 10 heteroatoms. The van der Waals surface area contributed by atoms with Crippen molar-refractivity contribution >= 4 is 23.4 Å². The van der Waals surface area contributed by atoms with Crippen LogP contribution >= 0.6 is 0 Å². The van der Waals surface area contributed by atoms with Gasteiger partial charge in [0, 0.05) is 43.4 Å². The van der Waals surface area contributed by atoms with E-state index in [-0.39, 0.29) is 35.9 Å². The van der Waals surface area contributed by atoms with E-state index in [4.69, 9.17) is 5.41 Å². The minimum atomic E-state index is -4.57. The highest BCUT2D eigenvalue weighted by atomic mass is 19.4. The quantitative estimate of drug-likeness (QED) is 0.386. The van der Waals surface area contributed by atoms with Gasteiger partial charge in [-0.15, -0.1) is 0 Å². The summed E-state index contributed by atoms with van der Waals surface area (Å²) in [6.07, 6.45) is -0.829. The highest BCUT2D eigenvalue weighted by Gasteiger charge is 2.31. The molecule has 0 aromatic heterocycles. The van der Waals surface area contributed by atoms with Crippen LogP contribution in [0.1, 0.15) is 76.8 Å². The lowest BCUT2D eigenvalue weighted by Crippen LogP contribution is -2.42. The summed E-state index contributed by atoms with van der Waals surface area (Å²) in [6.45, 7) is 1.39. The normalized spacial score (nSPS) is 18.1. The molecule has 2 aromatic rings. The van der Waals surface area contributed by atoms with Gasteiger partial charge in [0.15, 0.2) is 0 Å². The second-order valence-corrected chi connectivity index (χ2v) is 10.3. The first-order valence-corrected chi connectivity index (χ1v) is 13.0. The molecule has 0 heterocycles. The van der Waals surface area contributed by atoms with Crippen LogP contribution in [0.5, 0.6) is 0 Å². The highest BCUT2D eigenvalue weighted by molar-refractivity contribution is 5.97. The van der Waals surface area contributed by atoms with Crippen molar-refractivity contribution in [2.75, 3.05) is 20.6 Å². The maximum absolute atomic E-state index is 12.9. The lowest BCUT2D eigenvalue weighted by Gasteiger charge is -2.31.